The van der Waals surface area contributed by atoms with Crippen molar-refractivity contribution >= 4 is 34.5 Å². The Kier molecular flexibility index (Phi) is 3.77. The zero-order valence-corrected chi connectivity index (χ0v) is 10.4. The van der Waals surface area contributed by atoms with Gasteiger partial charge in [-0.2, -0.15) is 10.5 Å². The molecule has 6 nitrogen and oxygen atoms in total. The third kappa shape index (κ3) is 2.77. The van der Waals surface area contributed by atoms with Crippen molar-refractivity contribution in [2.24, 2.45) is 0 Å². The average molecular weight is 281 g/mol. The lowest BCUT2D eigenvalue weighted by atomic mass is 10.3. The second kappa shape index (κ2) is 5.49. The molecule has 0 saturated carbocycles. The summed E-state index contributed by atoms with van der Waals surface area (Å²) in [5, 5.41) is 25.8. The summed E-state index contributed by atoms with van der Waals surface area (Å²) in [5.41, 5.74) is 0.940. The number of rotatable bonds is 3. The first-order chi connectivity index (χ1) is 8.70. The van der Waals surface area contributed by atoms with E-state index in [1.54, 1.807) is 18.2 Å². The molecule has 0 radical (unpaired) electrons. The third-order valence-corrected chi connectivity index (χ3v) is 2.75. The van der Waals surface area contributed by atoms with Crippen molar-refractivity contribution in [3.63, 3.8) is 0 Å². The molecule has 90 valence electrons. The Balaban J connectivity index is 2.19. The number of hydrogen-bond donors (Lipinski definition) is 2. The van der Waals surface area contributed by atoms with Crippen molar-refractivity contribution < 1.29 is 0 Å². The molecule has 8 heteroatoms. The summed E-state index contributed by atoms with van der Waals surface area (Å²) in [7, 11) is 0. The van der Waals surface area contributed by atoms with Crippen LogP contribution in [0.25, 0.3) is 5.57 Å². The summed E-state index contributed by atoms with van der Waals surface area (Å²) in [6.45, 7) is 0. The van der Waals surface area contributed by atoms with Crippen LogP contribution >= 0.6 is 23.2 Å². The zero-order chi connectivity index (χ0) is 13.0. The number of tetrazole rings is 1. The van der Waals surface area contributed by atoms with Gasteiger partial charge in [-0.3, -0.25) is 0 Å². The number of hydrogen-bond acceptors (Lipinski definition) is 5. The van der Waals surface area contributed by atoms with E-state index in [2.05, 4.69) is 25.9 Å². The molecule has 0 aliphatic heterocycles. The Morgan fingerprint density at radius 3 is 2.83 bits per heavy atom. The summed E-state index contributed by atoms with van der Waals surface area (Å²) in [4.78, 5) is 0. The number of aromatic amines is 1. The first-order valence-electron chi connectivity index (χ1n) is 4.76. The molecule has 0 spiro atoms. The summed E-state index contributed by atoms with van der Waals surface area (Å²) in [5.74, 6) is 0.213. The van der Waals surface area contributed by atoms with E-state index in [4.69, 9.17) is 28.5 Å². The van der Waals surface area contributed by atoms with Crippen molar-refractivity contribution in [2.75, 3.05) is 5.32 Å². The number of allylic oxidation sites excluding steroid dienone is 1. The zero-order valence-electron chi connectivity index (χ0n) is 8.85. The first-order valence-corrected chi connectivity index (χ1v) is 5.52. The van der Waals surface area contributed by atoms with E-state index in [9.17, 15) is 0 Å². The fraction of sp³-hybridized carbons (Fsp3) is 0. The summed E-state index contributed by atoms with van der Waals surface area (Å²) >= 11 is 11.7. The van der Waals surface area contributed by atoms with Crippen LogP contribution in [-0.4, -0.2) is 20.6 Å². The molecule has 0 bridgehead atoms. The maximum atomic E-state index is 8.95. The molecular weight excluding hydrogens is 275 g/mol. The minimum absolute atomic E-state index is 0.213. The lowest BCUT2D eigenvalue weighted by Crippen LogP contribution is -1.93. The number of benzene rings is 1. The Labute approximate surface area is 112 Å². The lowest BCUT2D eigenvalue weighted by molar-refractivity contribution is 0.881. The number of nitrogens with one attached hydrogen (secondary N) is 2. The van der Waals surface area contributed by atoms with E-state index in [1.165, 1.54) is 6.20 Å². The number of nitrogens with zero attached hydrogens (tertiary/aromatic N) is 4. The maximum absolute atomic E-state index is 8.95. The molecule has 0 saturated heterocycles. The lowest BCUT2D eigenvalue weighted by Gasteiger charge is -2.02. The predicted octanol–water partition coefficient (Wildman–Crippen LogP) is 2.48. The van der Waals surface area contributed by atoms with Crippen LogP contribution in [0, 0.1) is 11.3 Å². The van der Waals surface area contributed by atoms with E-state index in [0.717, 1.165) is 0 Å². The minimum Gasteiger partial charge on any atom is -0.360 e. The molecule has 1 heterocycles. The topological polar surface area (TPSA) is 90.3 Å². The van der Waals surface area contributed by atoms with E-state index >= 15 is 0 Å². The van der Waals surface area contributed by atoms with Gasteiger partial charge in [0.05, 0.1) is 10.0 Å². The molecule has 0 fully saturated rings. The smallest absolute Gasteiger partial charge is 0.216 e. The number of nitriles is 1. The average Bonchev–Trinajstić information content (AvgIpc) is 2.88. The van der Waals surface area contributed by atoms with Gasteiger partial charge in [-0.25, -0.2) is 0 Å². The second-order valence-electron chi connectivity index (χ2n) is 3.18. The molecule has 0 atom stereocenters. The van der Waals surface area contributed by atoms with E-state index < -0.39 is 0 Å². The molecule has 0 unspecified atom stereocenters. The van der Waals surface area contributed by atoms with Crippen LogP contribution in [-0.2, 0) is 0 Å². The van der Waals surface area contributed by atoms with Gasteiger partial charge in [-0.15, -0.1) is 10.2 Å². The van der Waals surface area contributed by atoms with Gasteiger partial charge in [0.15, 0.2) is 0 Å². The Morgan fingerprint density at radius 2 is 2.22 bits per heavy atom. The van der Waals surface area contributed by atoms with Crippen molar-refractivity contribution in [3.05, 3.63) is 40.3 Å². The largest absolute Gasteiger partial charge is 0.360 e. The molecule has 1 aromatic heterocycles. The fourth-order valence-electron chi connectivity index (χ4n) is 1.16. The SMILES string of the molecule is N#CC(=CNc1ccc(Cl)c(Cl)c1)c1nn[nH]n1. The molecule has 0 aliphatic carbocycles. The molecule has 0 aliphatic rings. The summed E-state index contributed by atoms with van der Waals surface area (Å²) in [6, 6.07) is 6.99. The number of halogens is 2. The van der Waals surface area contributed by atoms with Crippen LogP contribution in [0.2, 0.25) is 10.0 Å². The van der Waals surface area contributed by atoms with Gasteiger partial charge in [0.1, 0.15) is 11.6 Å². The monoisotopic (exact) mass is 280 g/mol. The highest BCUT2D eigenvalue weighted by Crippen LogP contribution is 2.25. The summed E-state index contributed by atoms with van der Waals surface area (Å²) in [6.07, 6.45) is 1.46. The van der Waals surface area contributed by atoms with Gasteiger partial charge < -0.3 is 5.32 Å². The molecule has 1 aromatic carbocycles. The molecule has 0 amide bonds. The van der Waals surface area contributed by atoms with Gasteiger partial charge in [0.2, 0.25) is 5.82 Å². The molecular formula is C10H6Cl2N6. The number of anilines is 1. The third-order valence-electron chi connectivity index (χ3n) is 2.01. The predicted molar refractivity (Wildman–Crippen MR) is 67.9 cm³/mol. The molecule has 2 aromatic rings. The number of aromatic nitrogens is 4. The van der Waals surface area contributed by atoms with Gasteiger partial charge in [0, 0.05) is 11.9 Å². The van der Waals surface area contributed by atoms with Crippen LogP contribution in [0.15, 0.2) is 24.4 Å². The quantitative estimate of drug-likeness (QED) is 0.843. The van der Waals surface area contributed by atoms with Crippen LogP contribution in [0.1, 0.15) is 5.82 Å². The minimum atomic E-state index is 0.213. The van der Waals surface area contributed by atoms with Crippen molar-refractivity contribution in [2.45, 2.75) is 0 Å². The normalized spacial score (nSPS) is 11.1. The molecule has 2 N–H and O–H groups in total. The van der Waals surface area contributed by atoms with E-state index in [1.807, 2.05) is 6.07 Å². The highest BCUT2D eigenvalue weighted by molar-refractivity contribution is 6.42. The van der Waals surface area contributed by atoms with Gasteiger partial charge in [-0.1, -0.05) is 23.2 Å². The van der Waals surface area contributed by atoms with E-state index in [-0.39, 0.29) is 11.4 Å². The first kappa shape index (κ1) is 12.4. The van der Waals surface area contributed by atoms with Crippen molar-refractivity contribution in [3.8, 4) is 6.07 Å². The highest BCUT2D eigenvalue weighted by Gasteiger charge is 2.05. The highest BCUT2D eigenvalue weighted by atomic mass is 35.5. The Hall–Kier alpha value is -2.10. The van der Waals surface area contributed by atoms with Gasteiger partial charge in [0.25, 0.3) is 0 Å². The van der Waals surface area contributed by atoms with Crippen molar-refractivity contribution in [1.82, 2.24) is 20.6 Å². The van der Waals surface area contributed by atoms with Gasteiger partial charge in [-0.05, 0) is 23.4 Å². The maximum Gasteiger partial charge on any atom is 0.216 e. The van der Waals surface area contributed by atoms with Crippen LogP contribution in [0.5, 0.6) is 0 Å². The number of H-pyrrole nitrogens is 1. The Bertz CT molecular complexity index is 614. The fourth-order valence-corrected chi connectivity index (χ4v) is 1.46. The summed E-state index contributed by atoms with van der Waals surface area (Å²) < 4.78 is 0. The van der Waals surface area contributed by atoms with Crippen molar-refractivity contribution in [1.29, 1.82) is 5.26 Å². The molecule has 18 heavy (non-hydrogen) atoms. The van der Waals surface area contributed by atoms with Crippen LogP contribution in [0.3, 0.4) is 0 Å². The van der Waals surface area contributed by atoms with Crippen LogP contribution in [0.4, 0.5) is 5.69 Å². The van der Waals surface area contributed by atoms with Crippen LogP contribution < -0.4 is 5.32 Å². The molecule has 2 rings (SSSR count). The van der Waals surface area contributed by atoms with E-state index in [0.29, 0.717) is 15.7 Å². The Morgan fingerprint density at radius 1 is 1.39 bits per heavy atom. The standard InChI is InChI=1S/C10H6Cl2N6/c11-8-2-1-7(3-9(8)12)14-5-6(4-13)10-15-17-18-16-10/h1-3,5,14H,(H,15,16,17,18). The second-order valence-corrected chi connectivity index (χ2v) is 3.99. The van der Waals surface area contributed by atoms with Gasteiger partial charge >= 0.3 is 0 Å².